The van der Waals surface area contributed by atoms with E-state index >= 15 is 0 Å². The predicted molar refractivity (Wildman–Crippen MR) is 69.3 cm³/mol. The Morgan fingerprint density at radius 2 is 2.24 bits per heavy atom. The summed E-state index contributed by atoms with van der Waals surface area (Å²) in [6.07, 6.45) is 4.26. The highest BCUT2D eigenvalue weighted by Gasteiger charge is 2.08. The molecule has 1 aliphatic heterocycles. The summed E-state index contributed by atoms with van der Waals surface area (Å²) in [6, 6.07) is 8.44. The molecule has 0 amide bonds. The molecule has 1 heterocycles. The van der Waals surface area contributed by atoms with Crippen LogP contribution < -0.4 is 10.1 Å². The molecule has 2 rings (SSSR count). The molecule has 0 spiro atoms. The number of hydrogen-bond donors (Lipinski definition) is 1. The zero-order valence-electron chi connectivity index (χ0n) is 10.2. The molecule has 1 unspecified atom stereocenters. The minimum absolute atomic E-state index is 0.329. The largest absolute Gasteiger partial charge is 0.494 e. The third-order valence-corrected chi connectivity index (χ3v) is 2.66. The van der Waals surface area contributed by atoms with Crippen molar-refractivity contribution in [1.82, 2.24) is 5.32 Å². The van der Waals surface area contributed by atoms with E-state index in [1.54, 1.807) is 0 Å². The molecule has 3 heteroatoms. The molecule has 0 radical (unpaired) electrons. The van der Waals surface area contributed by atoms with Crippen molar-refractivity contribution >= 4 is 6.08 Å². The number of nitrogens with one attached hydrogen (secondary N) is 1. The molecular formula is C14H19NO2. The van der Waals surface area contributed by atoms with E-state index in [4.69, 9.17) is 9.47 Å². The van der Waals surface area contributed by atoms with Crippen LogP contribution in [-0.4, -0.2) is 32.4 Å². The number of hydrogen-bond acceptors (Lipinski definition) is 3. The quantitative estimate of drug-likeness (QED) is 0.863. The summed E-state index contributed by atoms with van der Waals surface area (Å²) < 4.78 is 10.8. The minimum Gasteiger partial charge on any atom is -0.494 e. The van der Waals surface area contributed by atoms with Crippen LogP contribution in [0.2, 0.25) is 0 Å². The second-order valence-electron chi connectivity index (χ2n) is 4.00. The third-order valence-electron chi connectivity index (χ3n) is 2.66. The molecule has 1 aromatic carbocycles. The van der Waals surface area contributed by atoms with Gasteiger partial charge in [0.05, 0.1) is 19.8 Å². The van der Waals surface area contributed by atoms with Crippen molar-refractivity contribution in [3.63, 3.8) is 0 Å². The Bertz CT molecular complexity index is 353. The van der Waals surface area contributed by atoms with E-state index in [0.717, 1.165) is 25.5 Å². The topological polar surface area (TPSA) is 30.5 Å². The molecule has 3 nitrogen and oxygen atoms in total. The van der Waals surface area contributed by atoms with Crippen LogP contribution in [0.15, 0.2) is 30.3 Å². The van der Waals surface area contributed by atoms with Gasteiger partial charge in [-0.15, -0.1) is 0 Å². The number of rotatable bonds is 4. The first-order valence-electron chi connectivity index (χ1n) is 6.10. The van der Waals surface area contributed by atoms with Crippen molar-refractivity contribution in [3.8, 4) is 5.75 Å². The van der Waals surface area contributed by atoms with Gasteiger partial charge < -0.3 is 14.8 Å². The smallest absolute Gasteiger partial charge is 0.119 e. The monoisotopic (exact) mass is 233 g/mol. The molecule has 1 fully saturated rings. The summed E-state index contributed by atoms with van der Waals surface area (Å²) in [5.74, 6) is 0.920. The van der Waals surface area contributed by atoms with Gasteiger partial charge in [0.15, 0.2) is 0 Å². The van der Waals surface area contributed by atoms with Crippen LogP contribution in [0.4, 0.5) is 0 Å². The second-order valence-corrected chi connectivity index (χ2v) is 4.00. The third kappa shape index (κ3) is 3.88. The molecule has 1 aromatic rings. The van der Waals surface area contributed by atoms with Crippen molar-refractivity contribution in [3.05, 3.63) is 35.9 Å². The van der Waals surface area contributed by atoms with Crippen LogP contribution in [0, 0.1) is 0 Å². The van der Waals surface area contributed by atoms with Gasteiger partial charge in [-0.25, -0.2) is 0 Å². The molecule has 1 saturated heterocycles. The van der Waals surface area contributed by atoms with Gasteiger partial charge in [-0.3, -0.25) is 0 Å². The van der Waals surface area contributed by atoms with E-state index in [-0.39, 0.29) is 0 Å². The molecule has 0 aliphatic carbocycles. The molecule has 0 aromatic heterocycles. The Kier molecular flexibility index (Phi) is 4.59. The summed E-state index contributed by atoms with van der Waals surface area (Å²) in [6.45, 7) is 5.19. The van der Waals surface area contributed by atoms with Crippen LogP contribution in [0.25, 0.3) is 6.08 Å². The van der Waals surface area contributed by atoms with E-state index in [2.05, 4.69) is 29.6 Å². The van der Waals surface area contributed by atoms with Crippen molar-refractivity contribution in [1.29, 1.82) is 0 Å². The maximum atomic E-state index is 5.40. The maximum Gasteiger partial charge on any atom is 0.119 e. The summed E-state index contributed by atoms with van der Waals surface area (Å²) in [4.78, 5) is 0. The van der Waals surface area contributed by atoms with Gasteiger partial charge in [0.1, 0.15) is 5.75 Å². The van der Waals surface area contributed by atoms with Crippen LogP contribution in [0.5, 0.6) is 5.75 Å². The Balaban J connectivity index is 1.91. The first-order chi connectivity index (χ1) is 8.38. The Morgan fingerprint density at radius 1 is 1.41 bits per heavy atom. The normalized spacial score (nSPS) is 20.6. The summed E-state index contributed by atoms with van der Waals surface area (Å²) in [7, 11) is 0. The van der Waals surface area contributed by atoms with Crippen LogP contribution in [0.1, 0.15) is 12.5 Å². The van der Waals surface area contributed by atoms with E-state index in [0.29, 0.717) is 12.6 Å². The average Bonchev–Trinajstić information content (AvgIpc) is 2.40. The van der Waals surface area contributed by atoms with Crippen molar-refractivity contribution in [2.24, 2.45) is 0 Å². The first-order valence-corrected chi connectivity index (χ1v) is 6.10. The highest BCUT2D eigenvalue weighted by molar-refractivity contribution is 5.51. The van der Waals surface area contributed by atoms with Crippen LogP contribution >= 0.6 is 0 Å². The van der Waals surface area contributed by atoms with Gasteiger partial charge >= 0.3 is 0 Å². The molecule has 0 bridgehead atoms. The van der Waals surface area contributed by atoms with Gasteiger partial charge in [-0.2, -0.15) is 0 Å². The van der Waals surface area contributed by atoms with Crippen LogP contribution in [-0.2, 0) is 4.74 Å². The van der Waals surface area contributed by atoms with Gasteiger partial charge in [0.2, 0.25) is 0 Å². The fraction of sp³-hybridized carbons (Fsp3) is 0.429. The lowest BCUT2D eigenvalue weighted by Gasteiger charge is -2.20. The van der Waals surface area contributed by atoms with E-state index < -0.39 is 0 Å². The first kappa shape index (κ1) is 12.1. The lowest BCUT2D eigenvalue weighted by molar-refractivity contribution is 0.0903. The molecule has 1 atom stereocenters. The average molecular weight is 233 g/mol. The Labute approximate surface area is 102 Å². The number of morpholine rings is 1. The van der Waals surface area contributed by atoms with E-state index in [1.165, 1.54) is 5.56 Å². The molecular weight excluding hydrogens is 214 g/mol. The van der Waals surface area contributed by atoms with Gasteiger partial charge in [0.25, 0.3) is 0 Å². The molecule has 1 N–H and O–H groups in total. The lowest BCUT2D eigenvalue weighted by Crippen LogP contribution is -2.39. The second kappa shape index (κ2) is 6.42. The number of ether oxygens (including phenoxy) is 2. The van der Waals surface area contributed by atoms with Crippen molar-refractivity contribution in [2.45, 2.75) is 13.0 Å². The summed E-state index contributed by atoms with van der Waals surface area (Å²) in [5, 5.41) is 3.38. The summed E-state index contributed by atoms with van der Waals surface area (Å²) >= 11 is 0. The van der Waals surface area contributed by atoms with E-state index in [1.807, 2.05) is 19.1 Å². The van der Waals surface area contributed by atoms with Gasteiger partial charge in [-0.05, 0) is 24.6 Å². The predicted octanol–water partition coefficient (Wildman–Crippen LogP) is 2.09. The SMILES string of the molecule is CCOc1ccc(/C=C/C2COCCN2)cc1. The van der Waals surface area contributed by atoms with Crippen LogP contribution in [0.3, 0.4) is 0 Å². The van der Waals surface area contributed by atoms with Gasteiger partial charge in [0, 0.05) is 12.6 Å². The fourth-order valence-corrected chi connectivity index (χ4v) is 1.78. The zero-order valence-corrected chi connectivity index (χ0v) is 10.2. The maximum absolute atomic E-state index is 5.40. The molecule has 92 valence electrons. The highest BCUT2D eigenvalue weighted by atomic mass is 16.5. The standard InChI is InChI=1S/C14H19NO2/c1-2-17-14-7-4-12(5-8-14)3-6-13-11-16-10-9-15-13/h3-8,13,15H,2,9-11H2,1H3/b6-3+. The van der Waals surface area contributed by atoms with Crippen molar-refractivity contribution in [2.75, 3.05) is 26.4 Å². The van der Waals surface area contributed by atoms with E-state index in [9.17, 15) is 0 Å². The zero-order chi connectivity index (χ0) is 11.9. The Morgan fingerprint density at radius 3 is 2.88 bits per heavy atom. The molecule has 1 aliphatic rings. The van der Waals surface area contributed by atoms with Gasteiger partial charge in [-0.1, -0.05) is 24.3 Å². The summed E-state index contributed by atoms with van der Waals surface area (Å²) in [5.41, 5.74) is 1.18. The molecule has 17 heavy (non-hydrogen) atoms. The van der Waals surface area contributed by atoms with Crippen molar-refractivity contribution < 1.29 is 9.47 Å². The minimum atomic E-state index is 0.329. The Hall–Kier alpha value is -1.32. The fourth-order valence-electron chi connectivity index (χ4n) is 1.78. The highest BCUT2D eigenvalue weighted by Crippen LogP contribution is 2.13. The number of benzene rings is 1. The lowest BCUT2D eigenvalue weighted by atomic mass is 10.1. The molecule has 0 saturated carbocycles.